The van der Waals surface area contributed by atoms with Crippen molar-refractivity contribution in [2.24, 2.45) is 5.84 Å². The standard InChI is InChI=1S/C15H22BrN5/c1-4-8-21-15(13(16)10-18-21)14(19-17)11-6-5-7-12(9-11)20(2)3/h5-7,9-10,14,19H,4,8,17H2,1-3H3. The SMILES string of the molecule is CCCn1ncc(Br)c1C(NN)c1cccc(N(C)C)c1. The Labute approximate surface area is 134 Å². The summed E-state index contributed by atoms with van der Waals surface area (Å²) in [5, 5.41) is 4.42. The first-order valence-corrected chi connectivity index (χ1v) is 7.82. The van der Waals surface area contributed by atoms with Crippen LogP contribution >= 0.6 is 15.9 Å². The molecule has 114 valence electrons. The monoisotopic (exact) mass is 351 g/mol. The van der Waals surface area contributed by atoms with E-state index in [4.69, 9.17) is 5.84 Å². The van der Waals surface area contributed by atoms with Crippen LogP contribution in [0, 0.1) is 0 Å². The summed E-state index contributed by atoms with van der Waals surface area (Å²) in [7, 11) is 4.06. The zero-order valence-electron chi connectivity index (χ0n) is 12.7. The van der Waals surface area contributed by atoms with E-state index in [1.54, 1.807) is 0 Å². The number of hydrogen-bond donors (Lipinski definition) is 2. The predicted octanol–water partition coefficient (Wildman–Crippen LogP) is 2.67. The van der Waals surface area contributed by atoms with Gasteiger partial charge in [0.05, 0.1) is 22.4 Å². The third-order valence-corrected chi connectivity index (χ3v) is 4.04. The molecule has 1 unspecified atom stereocenters. The number of aryl methyl sites for hydroxylation is 1. The molecule has 1 heterocycles. The van der Waals surface area contributed by atoms with Gasteiger partial charge in [0.15, 0.2) is 0 Å². The van der Waals surface area contributed by atoms with E-state index in [0.29, 0.717) is 0 Å². The van der Waals surface area contributed by atoms with Gasteiger partial charge >= 0.3 is 0 Å². The molecule has 0 aliphatic rings. The van der Waals surface area contributed by atoms with Gasteiger partial charge in [0.25, 0.3) is 0 Å². The number of hydrazine groups is 1. The summed E-state index contributed by atoms with van der Waals surface area (Å²) in [6.45, 7) is 3.00. The second-order valence-corrected chi connectivity index (χ2v) is 6.04. The predicted molar refractivity (Wildman–Crippen MR) is 90.2 cm³/mol. The summed E-state index contributed by atoms with van der Waals surface area (Å²) in [5.41, 5.74) is 6.23. The van der Waals surface area contributed by atoms with Crippen molar-refractivity contribution in [1.82, 2.24) is 15.2 Å². The van der Waals surface area contributed by atoms with Gasteiger partial charge in [-0.25, -0.2) is 5.43 Å². The normalized spacial score (nSPS) is 12.4. The van der Waals surface area contributed by atoms with E-state index in [1.165, 1.54) is 0 Å². The summed E-state index contributed by atoms with van der Waals surface area (Å²) >= 11 is 3.58. The maximum Gasteiger partial charge on any atom is 0.0890 e. The lowest BCUT2D eigenvalue weighted by Crippen LogP contribution is -2.31. The molecule has 2 rings (SSSR count). The molecule has 3 N–H and O–H groups in total. The first kappa shape index (κ1) is 16.0. The smallest absolute Gasteiger partial charge is 0.0890 e. The highest BCUT2D eigenvalue weighted by atomic mass is 79.9. The van der Waals surface area contributed by atoms with Crippen LogP contribution < -0.4 is 16.2 Å². The highest BCUT2D eigenvalue weighted by molar-refractivity contribution is 9.10. The Kier molecular flexibility index (Phi) is 5.39. The zero-order chi connectivity index (χ0) is 15.4. The number of hydrogen-bond acceptors (Lipinski definition) is 4. The molecular weight excluding hydrogens is 330 g/mol. The van der Waals surface area contributed by atoms with Crippen molar-refractivity contribution in [3.63, 3.8) is 0 Å². The summed E-state index contributed by atoms with van der Waals surface area (Å²) in [6.07, 6.45) is 2.85. The molecule has 1 aromatic carbocycles. The third-order valence-electron chi connectivity index (χ3n) is 3.43. The molecule has 0 saturated carbocycles. The van der Waals surface area contributed by atoms with E-state index >= 15 is 0 Å². The average molecular weight is 352 g/mol. The van der Waals surface area contributed by atoms with E-state index in [1.807, 2.05) is 31.0 Å². The molecular formula is C15H22BrN5. The Morgan fingerprint density at radius 2 is 2.19 bits per heavy atom. The van der Waals surface area contributed by atoms with Crippen LogP contribution in [-0.4, -0.2) is 23.9 Å². The molecule has 21 heavy (non-hydrogen) atoms. The van der Waals surface area contributed by atoms with E-state index < -0.39 is 0 Å². The number of halogens is 1. The Bertz CT molecular complexity index is 593. The van der Waals surface area contributed by atoms with Gasteiger partial charge in [-0.1, -0.05) is 19.1 Å². The van der Waals surface area contributed by atoms with Crippen LogP contribution in [0.15, 0.2) is 34.9 Å². The molecule has 1 atom stereocenters. The minimum Gasteiger partial charge on any atom is -0.378 e. The molecule has 0 fully saturated rings. The van der Waals surface area contributed by atoms with Crippen LogP contribution in [0.25, 0.3) is 0 Å². The number of nitrogens with zero attached hydrogens (tertiary/aromatic N) is 3. The number of anilines is 1. The first-order chi connectivity index (χ1) is 10.1. The van der Waals surface area contributed by atoms with Crippen LogP contribution in [0.2, 0.25) is 0 Å². The van der Waals surface area contributed by atoms with Crippen LogP contribution in [0.1, 0.15) is 30.6 Å². The van der Waals surface area contributed by atoms with Crippen LogP contribution in [0.3, 0.4) is 0 Å². The minimum atomic E-state index is -0.103. The molecule has 0 aliphatic heterocycles. The van der Waals surface area contributed by atoms with Gasteiger partial charge in [0, 0.05) is 26.3 Å². The minimum absolute atomic E-state index is 0.103. The molecule has 0 radical (unpaired) electrons. The van der Waals surface area contributed by atoms with Gasteiger partial charge in [0.2, 0.25) is 0 Å². The largest absolute Gasteiger partial charge is 0.378 e. The molecule has 6 heteroatoms. The molecule has 0 bridgehead atoms. The van der Waals surface area contributed by atoms with Crippen molar-refractivity contribution >= 4 is 21.6 Å². The number of nitrogens with two attached hydrogens (primary N) is 1. The van der Waals surface area contributed by atoms with Crippen molar-refractivity contribution in [3.05, 3.63) is 46.2 Å². The highest BCUT2D eigenvalue weighted by Gasteiger charge is 2.21. The van der Waals surface area contributed by atoms with Gasteiger partial charge in [-0.3, -0.25) is 10.5 Å². The van der Waals surface area contributed by atoms with Gasteiger partial charge in [0.1, 0.15) is 0 Å². The molecule has 1 aromatic heterocycles. The highest BCUT2D eigenvalue weighted by Crippen LogP contribution is 2.30. The van der Waals surface area contributed by atoms with Crippen molar-refractivity contribution < 1.29 is 0 Å². The molecule has 0 spiro atoms. The topological polar surface area (TPSA) is 59.1 Å². The Balaban J connectivity index is 2.44. The molecule has 2 aromatic rings. The molecule has 0 amide bonds. The Hall–Kier alpha value is -1.37. The van der Waals surface area contributed by atoms with Crippen molar-refractivity contribution in [2.45, 2.75) is 25.9 Å². The summed E-state index contributed by atoms with van der Waals surface area (Å²) in [6, 6.07) is 8.24. The lowest BCUT2D eigenvalue weighted by Gasteiger charge is -2.21. The van der Waals surface area contributed by atoms with E-state index in [0.717, 1.165) is 34.4 Å². The van der Waals surface area contributed by atoms with Gasteiger partial charge in [-0.15, -0.1) is 0 Å². The van der Waals surface area contributed by atoms with Crippen LogP contribution in [0.4, 0.5) is 5.69 Å². The van der Waals surface area contributed by atoms with Crippen molar-refractivity contribution in [2.75, 3.05) is 19.0 Å². The molecule has 0 saturated heterocycles. The van der Waals surface area contributed by atoms with E-state index in [2.05, 4.69) is 56.5 Å². The van der Waals surface area contributed by atoms with Gasteiger partial charge < -0.3 is 4.90 Å². The first-order valence-electron chi connectivity index (χ1n) is 7.03. The second kappa shape index (κ2) is 7.06. The number of aromatic nitrogens is 2. The fourth-order valence-corrected chi connectivity index (χ4v) is 2.89. The van der Waals surface area contributed by atoms with E-state index in [-0.39, 0.29) is 6.04 Å². The summed E-state index contributed by atoms with van der Waals surface area (Å²) in [4.78, 5) is 2.08. The number of rotatable bonds is 6. The average Bonchev–Trinajstić information content (AvgIpc) is 2.82. The third kappa shape index (κ3) is 3.45. The van der Waals surface area contributed by atoms with Crippen LogP contribution in [0.5, 0.6) is 0 Å². The summed E-state index contributed by atoms with van der Waals surface area (Å²) < 4.78 is 2.96. The van der Waals surface area contributed by atoms with Gasteiger partial charge in [-0.2, -0.15) is 5.10 Å². The number of benzene rings is 1. The lowest BCUT2D eigenvalue weighted by atomic mass is 10.0. The fraction of sp³-hybridized carbons (Fsp3) is 0.400. The number of nitrogens with one attached hydrogen (secondary N) is 1. The maximum absolute atomic E-state index is 5.83. The maximum atomic E-state index is 5.83. The fourth-order valence-electron chi connectivity index (χ4n) is 2.36. The van der Waals surface area contributed by atoms with Crippen molar-refractivity contribution in [3.8, 4) is 0 Å². The lowest BCUT2D eigenvalue weighted by molar-refractivity contribution is 0.519. The Morgan fingerprint density at radius 1 is 1.43 bits per heavy atom. The Morgan fingerprint density at radius 3 is 2.81 bits per heavy atom. The van der Waals surface area contributed by atoms with Crippen LogP contribution in [-0.2, 0) is 6.54 Å². The van der Waals surface area contributed by atoms with Crippen molar-refractivity contribution in [1.29, 1.82) is 0 Å². The molecule has 0 aliphatic carbocycles. The molecule has 5 nitrogen and oxygen atoms in total. The quantitative estimate of drug-likeness (QED) is 0.620. The van der Waals surface area contributed by atoms with Gasteiger partial charge in [-0.05, 0) is 40.0 Å². The zero-order valence-corrected chi connectivity index (χ0v) is 14.3. The van der Waals surface area contributed by atoms with E-state index in [9.17, 15) is 0 Å². The second-order valence-electron chi connectivity index (χ2n) is 5.19. The summed E-state index contributed by atoms with van der Waals surface area (Å²) in [5.74, 6) is 5.83.